The fourth-order valence-electron chi connectivity index (χ4n) is 2.00. The first-order chi connectivity index (χ1) is 8.15. The lowest BCUT2D eigenvalue weighted by Crippen LogP contribution is -2.41. The first-order valence-electron chi connectivity index (χ1n) is 5.82. The number of phenols is 1. The van der Waals surface area contributed by atoms with Gasteiger partial charge in [0.05, 0.1) is 6.42 Å². The van der Waals surface area contributed by atoms with Gasteiger partial charge in [0, 0.05) is 24.1 Å². The number of benzene rings is 1. The number of carbonyl (C=O) groups excluding carboxylic acids is 1. The van der Waals surface area contributed by atoms with Gasteiger partial charge >= 0.3 is 0 Å². The van der Waals surface area contributed by atoms with Crippen molar-refractivity contribution in [2.75, 3.05) is 18.8 Å². The third-order valence-electron chi connectivity index (χ3n) is 2.86. The Kier molecular flexibility index (Phi) is 3.94. The molecule has 1 saturated heterocycles. The summed E-state index contributed by atoms with van der Waals surface area (Å²) in [5.41, 5.74) is 0.876. The van der Waals surface area contributed by atoms with Crippen LogP contribution in [0.25, 0.3) is 0 Å². The summed E-state index contributed by atoms with van der Waals surface area (Å²) < 4.78 is 0. The normalized spacial score (nSPS) is 20.3. The summed E-state index contributed by atoms with van der Waals surface area (Å²) in [4.78, 5) is 14.0. The number of rotatable bonds is 2. The Bertz CT molecular complexity index is 408. The van der Waals surface area contributed by atoms with Crippen molar-refractivity contribution in [3.05, 3.63) is 29.8 Å². The van der Waals surface area contributed by atoms with Crippen LogP contribution in [0.2, 0.25) is 0 Å². The molecule has 1 N–H and O–H groups in total. The summed E-state index contributed by atoms with van der Waals surface area (Å²) in [5.74, 6) is 1.40. The Morgan fingerprint density at radius 1 is 1.59 bits per heavy atom. The Morgan fingerprint density at radius 2 is 2.41 bits per heavy atom. The van der Waals surface area contributed by atoms with Crippen molar-refractivity contribution >= 4 is 17.7 Å². The first kappa shape index (κ1) is 12.3. The summed E-state index contributed by atoms with van der Waals surface area (Å²) in [6.45, 7) is 3.83. The van der Waals surface area contributed by atoms with Crippen LogP contribution in [0.3, 0.4) is 0 Å². The third kappa shape index (κ3) is 3.40. The van der Waals surface area contributed by atoms with E-state index in [-0.39, 0.29) is 11.7 Å². The molecule has 17 heavy (non-hydrogen) atoms. The zero-order valence-electron chi connectivity index (χ0n) is 9.93. The number of hydrogen-bond acceptors (Lipinski definition) is 3. The molecular weight excluding hydrogens is 234 g/mol. The monoisotopic (exact) mass is 251 g/mol. The Labute approximate surface area is 106 Å². The van der Waals surface area contributed by atoms with E-state index >= 15 is 0 Å². The average Bonchev–Trinajstić information content (AvgIpc) is 2.29. The van der Waals surface area contributed by atoms with Gasteiger partial charge in [0.1, 0.15) is 5.75 Å². The van der Waals surface area contributed by atoms with Crippen LogP contribution in [0.1, 0.15) is 12.5 Å². The van der Waals surface area contributed by atoms with Gasteiger partial charge in [-0.2, -0.15) is 11.8 Å². The third-order valence-corrected chi connectivity index (χ3v) is 4.00. The van der Waals surface area contributed by atoms with Crippen LogP contribution in [-0.4, -0.2) is 40.0 Å². The van der Waals surface area contributed by atoms with Crippen molar-refractivity contribution in [1.29, 1.82) is 0 Å². The van der Waals surface area contributed by atoms with Crippen LogP contribution in [0.15, 0.2) is 24.3 Å². The van der Waals surface area contributed by atoms with E-state index in [0.29, 0.717) is 11.7 Å². The number of amides is 1. The quantitative estimate of drug-likeness (QED) is 0.872. The molecule has 2 rings (SSSR count). The molecular formula is C13H17NO2S. The van der Waals surface area contributed by atoms with E-state index in [1.54, 1.807) is 18.2 Å². The molecule has 0 aromatic heterocycles. The fraction of sp³-hybridized carbons (Fsp3) is 0.462. The van der Waals surface area contributed by atoms with E-state index in [0.717, 1.165) is 24.4 Å². The van der Waals surface area contributed by atoms with Crippen LogP contribution < -0.4 is 0 Å². The van der Waals surface area contributed by atoms with E-state index in [2.05, 4.69) is 6.92 Å². The molecule has 0 saturated carbocycles. The number of aromatic hydroxyl groups is 1. The summed E-state index contributed by atoms with van der Waals surface area (Å²) in [6.07, 6.45) is 0.381. The van der Waals surface area contributed by atoms with Crippen LogP contribution in [0.4, 0.5) is 0 Å². The molecule has 0 aliphatic carbocycles. The van der Waals surface area contributed by atoms with Crippen molar-refractivity contribution < 1.29 is 9.90 Å². The molecule has 1 aliphatic rings. The smallest absolute Gasteiger partial charge is 0.227 e. The molecule has 1 heterocycles. The van der Waals surface area contributed by atoms with E-state index in [4.69, 9.17) is 0 Å². The minimum absolute atomic E-state index is 0.155. The maximum Gasteiger partial charge on any atom is 0.227 e. The second kappa shape index (κ2) is 5.45. The van der Waals surface area contributed by atoms with Crippen molar-refractivity contribution in [1.82, 2.24) is 4.90 Å². The van der Waals surface area contributed by atoms with Gasteiger partial charge in [0.15, 0.2) is 0 Å². The summed E-state index contributed by atoms with van der Waals surface area (Å²) >= 11 is 1.91. The topological polar surface area (TPSA) is 40.5 Å². The Hall–Kier alpha value is -1.16. The largest absolute Gasteiger partial charge is 0.508 e. The van der Waals surface area contributed by atoms with Crippen molar-refractivity contribution in [2.45, 2.75) is 18.6 Å². The number of hydrogen-bond donors (Lipinski definition) is 1. The summed E-state index contributed by atoms with van der Waals surface area (Å²) in [5, 5.41) is 9.87. The molecule has 1 aromatic carbocycles. The summed E-state index contributed by atoms with van der Waals surface area (Å²) in [6, 6.07) is 6.92. The second-order valence-corrected chi connectivity index (χ2v) is 5.91. The molecule has 1 fully saturated rings. The number of thioether (sulfide) groups is 1. The molecule has 1 aliphatic heterocycles. The highest BCUT2D eigenvalue weighted by atomic mass is 32.2. The van der Waals surface area contributed by atoms with Crippen LogP contribution in [-0.2, 0) is 11.2 Å². The second-order valence-electron chi connectivity index (χ2n) is 4.37. The van der Waals surface area contributed by atoms with Gasteiger partial charge in [-0.15, -0.1) is 0 Å². The van der Waals surface area contributed by atoms with E-state index in [1.807, 2.05) is 22.7 Å². The Morgan fingerprint density at radius 3 is 3.12 bits per heavy atom. The number of phenolic OH excluding ortho intramolecular Hbond substituents is 1. The van der Waals surface area contributed by atoms with Gasteiger partial charge < -0.3 is 10.0 Å². The fourth-order valence-corrected chi connectivity index (χ4v) is 3.01. The van der Waals surface area contributed by atoms with Crippen LogP contribution >= 0.6 is 11.8 Å². The molecule has 1 unspecified atom stereocenters. The lowest BCUT2D eigenvalue weighted by Gasteiger charge is -2.30. The van der Waals surface area contributed by atoms with Gasteiger partial charge in [-0.1, -0.05) is 19.1 Å². The maximum absolute atomic E-state index is 12.1. The van der Waals surface area contributed by atoms with E-state index in [9.17, 15) is 9.90 Å². The van der Waals surface area contributed by atoms with Crippen molar-refractivity contribution in [3.8, 4) is 5.75 Å². The molecule has 92 valence electrons. The van der Waals surface area contributed by atoms with Gasteiger partial charge in [-0.25, -0.2) is 0 Å². The van der Waals surface area contributed by atoms with Gasteiger partial charge in [-0.05, 0) is 17.7 Å². The zero-order valence-corrected chi connectivity index (χ0v) is 10.7. The lowest BCUT2D eigenvalue weighted by molar-refractivity contribution is -0.130. The first-order valence-corrected chi connectivity index (χ1v) is 6.87. The maximum atomic E-state index is 12.1. The summed E-state index contributed by atoms with van der Waals surface area (Å²) in [7, 11) is 0. The van der Waals surface area contributed by atoms with Gasteiger partial charge in [-0.3, -0.25) is 4.79 Å². The Balaban J connectivity index is 1.96. The minimum atomic E-state index is 0.155. The minimum Gasteiger partial charge on any atom is -0.508 e. The number of nitrogens with zero attached hydrogens (tertiary/aromatic N) is 1. The van der Waals surface area contributed by atoms with E-state index in [1.165, 1.54) is 0 Å². The van der Waals surface area contributed by atoms with Crippen molar-refractivity contribution in [2.24, 2.45) is 0 Å². The SMILES string of the molecule is CC1CN(C(=O)Cc2cccc(O)c2)CCS1. The van der Waals surface area contributed by atoms with E-state index < -0.39 is 0 Å². The van der Waals surface area contributed by atoms with Gasteiger partial charge in [0.25, 0.3) is 0 Å². The predicted octanol–water partition coefficient (Wildman–Crippen LogP) is 1.90. The molecule has 0 spiro atoms. The molecule has 1 atom stereocenters. The highest BCUT2D eigenvalue weighted by Crippen LogP contribution is 2.19. The van der Waals surface area contributed by atoms with Gasteiger partial charge in [0.2, 0.25) is 5.91 Å². The predicted molar refractivity (Wildman–Crippen MR) is 70.3 cm³/mol. The molecule has 4 heteroatoms. The molecule has 1 amide bonds. The average molecular weight is 251 g/mol. The van der Waals surface area contributed by atoms with Crippen LogP contribution in [0, 0.1) is 0 Å². The lowest BCUT2D eigenvalue weighted by atomic mass is 10.1. The van der Waals surface area contributed by atoms with Crippen molar-refractivity contribution in [3.63, 3.8) is 0 Å². The highest BCUT2D eigenvalue weighted by Gasteiger charge is 2.21. The highest BCUT2D eigenvalue weighted by molar-refractivity contribution is 7.99. The molecule has 1 aromatic rings. The van der Waals surface area contributed by atoms with Crippen LogP contribution in [0.5, 0.6) is 5.75 Å². The molecule has 0 bridgehead atoms. The molecule has 3 nitrogen and oxygen atoms in total. The number of carbonyl (C=O) groups is 1. The molecule has 0 radical (unpaired) electrons. The zero-order chi connectivity index (χ0) is 12.3. The standard InChI is InChI=1S/C13H17NO2S/c1-10-9-14(5-6-17-10)13(16)8-11-3-2-4-12(15)7-11/h2-4,7,10,15H,5-6,8-9H2,1H3.